The van der Waals surface area contributed by atoms with E-state index in [4.69, 9.17) is 0 Å². The minimum atomic E-state index is -0.532. The first-order valence-corrected chi connectivity index (χ1v) is 10.4. The number of carbonyl (C=O) groups excluding carboxylic acids is 2. The molecule has 0 unspecified atom stereocenters. The SMILES string of the molecule is CCCNC(=O)[C@H](C)NC(=O)CSc1ncnc2sc3c(c12)CCC3. The number of hydrogen-bond donors (Lipinski definition) is 2. The minimum absolute atomic E-state index is 0.153. The van der Waals surface area contributed by atoms with Crippen molar-refractivity contribution >= 4 is 45.1 Å². The third-order valence-electron chi connectivity index (χ3n) is 4.13. The van der Waals surface area contributed by atoms with Gasteiger partial charge in [-0.15, -0.1) is 11.3 Å². The van der Waals surface area contributed by atoms with Crippen LogP contribution < -0.4 is 10.6 Å². The zero-order valence-corrected chi connectivity index (χ0v) is 16.1. The predicted octanol–water partition coefficient (Wildman–Crippen LogP) is 2.30. The number of aromatic nitrogens is 2. The summed E-state index contributed by atoms with van der Waals surface area (Å²) in [6, 6.07) is -0.532. The van der Waals surface area contributed by atoms with Crippen LogP contribution >= 0.6 is 23.1 Å². The molecule has 8 heteroatoms. The largest absolute Gasteiger partial charge is 0.354 e. The first kappa shape index (κ1) is 18.1. The van der Waals surface area contributed by atoms with Gasteiger partial charge in [-0.3, -0.25) is 9.59 Å². The molecule has 0 radical (unpaired) electrons. The Kier molecular flexibility index (Phi) is 5.90. The number of hydrogen-bond acceptors (Lipinski definition) is 6. The molecule has 2 amide bonds. The van der Waals surface area contributed by atoms with E-state index in [1.54, 1.807) is 24.6 Å². The number of aryl methyl sites for hydroxylation is 2. The molecule has 1 aliphatic carbocycles. The van der Waals surface area contributed by atoms with E-state index in [0.29, 0.717) is 6.54 Å². The van der Waals surface area contributed by atoms with Gasteiger partial charge in [0.25, 0.3) is 0 Å². The molecule has 2 N–H and O–H groups in total. The highest BCUT2D eigenvalue weighted by molar-refractivity contribution is 8.00. The summed E-state index contributed by atoms with van der Waals surface area (Å²) in [6.45, 7) is 4.31. The highest BCUT2D eigenvalue weighted by Crippen LogP contribution is 2.39. The van der Waals surface area contributed by atoms with Crippen molar-refractivity contribution < 1.29 is 9.59 Å². The summed E-state index contributed by atoms with van der Waals surface area (Å²) in [5.41, 5.74) is 1.36. The molecule has 0 bridgehead atoms. The topological polar surface area (TPSA) is 84.0 Å². The van der Waals surface area contributed by atoms with Crippen LogP contribution in [-0.4, -0.2) is 40.1 Å². The molecule has 0 aromatic carbocycles. The van der Waals surface area contributed by atoms with Gasteiger partial charge in [-0.1, -0.05) is 18.7 Å². The minimum Gasteiger partial charge on any atom is -0.354 e. The van der Waals surface area contributed by atoms with Crippen molar-refractivity contribution in [1.29, 1.82) is 0 Å². The fraction of sp³-hybridized carbons (Fsp3) is 0.529. The Morgan fingerprint density at radius 3 is 3.00 bits per heavy atom. The molecule has 1 atom stereocenters. The number of nitrogens with one attached hydrogen (secondary N) is 2. The first-order valence-electron chi connectivity index (χ1n) is 8.55. The van der Waals surface area contributed by atoms with Gasteiger partial charge in [0.2, 0.25) is 11.8 Å². The maximum absolute atomic E-state index is 12.2. The lowest BCUT2D eigenvalue weighted by Gasteiger charge is -2.13. The second kappa shape index (κ2) is 8.14. The normalized spacial score (nSPS) is 14.3. The molecular formula is C17H22N4O2S2. The summed E-state index contributed by atoms with van der Waals surface area (Å²) in [4.78, 5) is 35.2. The Labute approximate surface area is 155 Å². The molecular weight excluding hydrogens is 356 g/mol. The third-order valence-corrected chi connectivity index (χ3v) is 6.32. The molecule has 1 aliphatic rings. The third kappa shape index (κ3) is 4.12. The van der Waals surface area contributed by atoms with Gasteiger partial charge in [0.05, 0.1) is 5.75 Å². The van der Waals surface area contributed by atoms with Gasteiger partial charge in [-0.05, 0) is 38.2 Å². The number of thiophene rings is 1. The molecule has 0 saturated heterocycles. The summed E-state index contributed by atoms with van der Waals surface area (Å²) in [6.07, 6.45) is 5.80. The molecule has 2 aromatic heterocycles. The number of nitrogens with zero attached hydrogens (tertiary/aromatic N) is 2. The van der Waals surface area contributed by atoms with Gasteiger partial charge >= 0.3 is 0 Å². The fourth-order valence-electron chi connectivity index (χ4n) is 2.89. The molecule has 2 aromatic rings. The molecule has 3 rings (SSSR count). The van der Waals surface area contributed by atoms with Crippen molar-refractivity contribution in [3.63, 3.8) is 0 Å². The highest BCUT2D eigenvalue weighted by Gasteiger charge is 2.22. The molecule has 2 heterocycles. The number of rotatable bonds is 7. The van der Waals surface area contributed by atoms with E-state index in [-0.39, 0.29) is 17.6 Å². The lowest BCUT2D eigenvalue weighted by Crippen LogP contribution is -2.45. The van der Waals surface area contributed by atoms with Gasteiger partial charge in [-0.2, -0.15) is 0 Å². The standard InChI is InChI=1S/C17H22N4O2S2/c1-3-7-18-15(23)10(2)21-13(22)8-24-16-14-11-5-4-6-12(11)25-17(14)20-9-19-16/h9-10H,3-8H2,1-2H3,(H,18,23)(H,21,22)/t10-/m0/s1. The molecule has 0 fully saturated rings. The Morgan fingerprint density at radius 1 is 1.36 bits per heavy atom. The number of thioether (sulfide) groups is 1. The number of amides is 2. The predicted molar refractivity (Wildman–Crippen MR) is 101 cm³/mol. The van der Waals surface area contributed by atoms with Crippen LogP contribution in [0.3, 0.4) is 0 Å². The lowest BCUT2D eigenvalue weighted by molar-refractivity contribution is -0.127. The van der Waals surface area contributed by atoms with Gasteiger partial charge in [0, 0.05) is 16.8 Å². The molecule has 0 aliphatic heterocycles. The maximum atomic E-state index is 12.2. The van der Waals surface area contributed by atoms with Gasteiger partial charge in [0.1, 0.15) is 22.2 Å². The monoisotopic (exact) mass is 378 g/mol. The van der Waals surface area contributed by atoms with Crippen molar-refractivity contribution in [2.75, 3.05) is 12.3 Å². The molecule has 0 spiro atoms. The molecule has 6 nitrogen and oxygen atoms in total. The van der Waals surface area contributed by atoms with E-state index in [2.05, 4.69) is 20.6 Å². The summed E-state index contributed by atoms with van der Waals surface area (Å²) in [5.74, 6) is -0.0784. The Morgan fingerprint density at radius 2 is 2.20 bits per heavy atom. The first-order chi connectivity index (χ1) is 12.1. The summed E-state index contributed by atoms with van der Waals surface area (Å²) >= 11 is 3.15. The second-order valence-corrected chi connectivity index (χ2v) is 8.13. The van der Waals surface area contributed by atoms with Crippen LogP contribution in [0.2, 0.25) is 0 Å². The van der Waals surface area contributed by atoms with E-state index in [9.17, 15) is 9.59 Å². The quantitative estimate of drug-likeness (QED) is 0.570. The average Bonchev–Trinajstić information content (AvgIpc) is 3.18. The van der Waals surface area contributed by atoms with Gasteiger partial charge in [0.15, 0.2) is 0 Å². The van der Waals surface area contributed by atoms with Crippen molar-refractivity contribution in [1.82, 2.24) is 20.6 Å². The van der Waals surface area contributed by atoms with Crippen molar-refractivity contribution in [2.24, 2.45) is 0 Å². The highest BCUT2D eigenvalue weighted by atomic mass is 32.2. The Balaban J connectivity index is 1.61. The second-order valence-electron chi connectivity index (χ2n) is 6.09. The van der Waals surface area contributed by atoms with Gasteiger partial charge < -0.3 is 10.6 Å². The van der Waals surface area contributed by atoms with Crippen molar-refractivity contribution in [2.45, 2.75) is 50.6 Å². The number of carbonyl (C=O) groups is 2. The summed E-state index contributed by atoms with van der Waals surface area (Å²) in [7, 11) is 0. The van der Waals surface area contributed by atoms with Crippen molar-refractivity contribution in [3.05, 3.63) is 16.8 Å². The van der Waals surface area contributed by atoms with Crippen LogP contribution in [0.5, 0.6) is 0 Å². The van der Waals surface area contributed by atoms with E-state index >= 15 is 0 Å². The Hall–Kier alpha value is -1.67. The van der Waals surface area contributed by atoms with E-state index < -0.39 is 6.04 Å². The summed E-state index contributed by atoms with van der Waals surface area (Å²) in [5, 5.41) is 7.50. The van der Waals surface area contributed by atoms with Gasteiger partial charge in [-0.25, -0.2) is 9.97 Å². The zero-order valence-electron chi connectivity index (χ0n) is 14.4. The smallest absolute Gasteiger partial charge is 0.242 e. The van der Waals surface area contributed by atoms with E-state index in [1.807, 2.05) is 6.92 Å². The van der Waals surface area contributed by atoms with Crippen LogP contribution in [0.25, 0.3) is 10.2 Å². The van der Waals surface area contributed by atoms with E-state index in [0.717, 1.165) is 34.5 Å². The molecule has 25 heavy (non-hydrogen) atoms. The van der Waals surface area contributed by atoms with Crippen LogP contribution in [0.4, 0.5) is 0 Å². The molecule has 134 valence electrons. The lowest BCUT2D eigenvalue weighted by atomic mass is 10.2. The fourth-order valence-corrected chi connectivity index (χ4v) is 5.02. The number of fused-ring (bicyclic) bond motifs is 3. The van der Waals surface area contributed by atoms with Crippen molar-refractivity contribution in [3.8, 4) is 0 Å². The zero-order chi connectivity index (χ0) is 17.8. The van der Waals surface area contributed by atoms with Crippen LogP contribution in [0, 0.1) is 0 Å². The van der Waals surface area contributed by atoms with Crippen LogP contribution in [0.1, 0.15) is 37.1 Å². The van der Waals surface area contributed by atoms with Crippen LogP contribution in [0.15, 0.2) is 11.4 Å². The Bertz CT molecular complexity index is 790. The average molecular weight is 379 g/mol. The summed E-state index contributed by atoms with van der Waals surface area (Å²) < 4.78 is 0. The molecule has 0 saturated carbocycles. The van der Waals surface area contributed by atoms with Crippen LogP contribution in [-0.2, 0) is 22.4 Å². The maximum Gasteiger partial charge on any atom is 0.242 e. The van der Waals surface area contributed by atoms with E-state index in [1.165, 1.54) is 28.6 Å².